The Morgan fingerprint density at radius 1 is 1.50 bits per heavy atom. The van der Waals surface area contributed by atoms with Crippen molar-refractivity contribution in [2.75, 3.05) is 13.2 Å². The zero-order chi connectivity index (χ0) is 14.4. The van der Waals surface area contributed by atoms with Crippen molar-refractivity contribution in [3.63, 3.8) is 0 Å². The highest BCUT2D eigenvalue weighted by molar-refractivity contribution is 5.98. The third-order valence-corrected chi connectivity index (χ3v) is 2.76. The molecular formula is C16H14N2O2. The molecule has 0 saturated carbocycles. The number of nitrogens with zero attached hydrogens (tertiary/aromatic N) is 1. The first-order valence-electron chi connectivity index (χ1n) is 6.18. The van der Waals surface area contributed by atoms with E-state index in [1.807, 2.05) is 36.4 Å². The topological polar surface area (TPSA) is 62.1 Å². The van der Waals surface area contributed by atoms with E-state index in [-0.39, 0.29) is 5.57 Å². The number of rotatable bonds is 4. The van der Waals surface area contributed by atoms with E-state index in [0.29, 0.717) is 13.2 Å². The number of benzene rings is 1. The molecule has 1 aromatic rings. The SMILES string of the molecule is C=CCNC(=O)/C(C#N)=C\C1=Cc2ccccc2OC1. The molecule has 100 valence electrons. The van der Waals surface area contributed by atoms with Crippen LogP contribution in [0.1, 0.15) is 5.56 Å². The summed E-state index contributed by atoms with van der Waals surface area (Å²) in [5.74, 6) is 0.395. The van der Waals surface area contributed by atoms with Gasteiger partial charge < -0.3 is 10.1 Å². The Labute approximate surface area is 117 Å². The van der Waals surface area contributed by atoms with Gasteiger partial charge in [0, 0.05) is 12.1 Å². The average Bonchev–Trinajstić information content (AvgIpc) is 2.50. The molecule has 1 aliphatic heterocycles. The molecule has 0 radical (unpaired) electrons. The molecule has 4 heteroatoms. The van der Waals surface area contributed by atoms with Crippen LogP contribution < -0.4 is 10.1 Å². The third kappa shape index (κ3) is 3.15. The Morgan fingerprint density at radius 3 is 3.05 bits per heavy atom. The maximum Gasteiger partial charge on any atom is 0.262 e. The minimum absolute atomic E-state index is 0.0566. The van der Waals surface area contributed by atoms with Crippen LogP contribution in [0.5, 0.6) is 5.75 Å². The highest BCUT2D eigenvalue weighted by Crippen LogP contribution is 2.26. The number of hydrogen-bond acceptors (Lipinski definition) is 3. The molecule has 0 aromatic heterocycles. The van der Waals surface area contributed by atoms with E-state index < -0.39 is 5.91 Å². The Kier molecular flexibility index (Phi) is 4.35. The lowest BCUT2D eigenvalue weighted by atomic mass is 10.1. The van der Waals surface area contributed by atoms with Crippen LogP contribution in [0, 0.1) is 11.3 Å². The largest absolute Gasteiger partial charge is 0.488 e. The van der Waals surface area contributed by atoms with Crippen LogP contribution in [0.25, 0.3) is 6.08 Å². The lowest BCUT2D eigenvalue weighted by Crippen LogP contribution is -2.24. The standard InChI is InChI=1S/C16H14N2O2/c1-2-7-18-16(19)14(10-17)9-12-8-13-5-3-4-6-15(13)20-11-12/h2-6,8-9H,1,7,11H2,(H,18,19)/b14-9-. The van der Waals surface area contributed by atoms with Crippen LogP contribution in [0.3, 0.4) is 0 Å². The number of carbonyl (C=O) groups is 1. The van der Waals surface area contributed by atoms with E-state index in [0.717, 1.165) is 16.9 Å². The monoisotopic (exact) mass is 266 g/mol. The Bertz CT molecular complexity index is 636. The lowest BCUT2D eigenvalue weighted by Gasteiger charge is -2.15. The number of nitrogens with one attached hydrogen (secondary N) is 1. The lowest BCUT2D eigenvalue weighted by molar-refractivity contribution is -0.116. The summed E-state index contributed by atoms with van der Waals surface area (Å²) in [6.07, 6.45) is 5.03. The molecule has 1 aromatic carbocycles. The number of nitriles is 1. The molecule has 1 aliphatic rings. The summed E-state index contributed by atoms with van der Waals surface area (Å²) >= 11 is 0. The van der Waals surface area contributed by atoms with Crippen LogP contribution >= 0.6 is 0 Å². The van der Waals surface area contributed by atoms with Gasteiger partial charge in [-0.3, -0.25) is 4.79 Å². The fourth-order valence-electron chi connectivity index (χ4n) is 1.81. The van der Waals surface area contributed by atoms with Crippen molar-refractivity contribution in [3.8, 4) is 11.8 Å². The number of hydrogen-bond donors (Lipinski definition) is 1. The molecule has 20 heavy (non-hydrogen) atoms. The van der Waals surface area contributed by atoms with E-state index in [4.69, 9.17) is 10.00 Å². The Morgan fingerprint density at radius 2 is 2.30 bits per heavy atom. The summed E-state index contributed by atoms with van der Waals surface area (Å²) in [5.41, 5.74) is 1.78. The van der Waals surface area contributed by atoms with Crippen molar-refractivity contribution < 1.29 is 9.53 Å². The van der Waals surface area contributed by atoms with Gasteiger partial charge in [0.1, 0.15) is 24.0 Å². The highest BCUT2D eigenvalue weighted by atomic mass is 16.5. The second kappa shape index (κ2) is 6.39. The number of para-hydroxylation sites is 1. The Hall–Kier alpha value is -2.80. The van der Waals surface area contributed by atoms with Gasteiger partial charge in [-0.2, -0.15) is 5.26 Å². The molecule has 0 fully saturated rings. The first-order chi connectivity index (χ1) is 9.74. The fourth-order valence-corrected chi connectivity index (χ4v) is 1.81. The van der Waals surface area contributed by atoms with Gasteiger partial charge in [-0.15, -0.1) is 6.58 Å². The van der Waals surface area contributed by atoms with E-state index in [2.05, 4.69) is 11.9 Å². The van der Waals surface area contributed by atoms with Gasteiger partial charge in [-0.05, 0) is 23.8 Å². The maximum absolute atomic E-state index is 11.7. The molecule has 0 saturated heterocycles. The molecular weight excluding hydrogens is 252 g/mol. The molecule has 0 atom stereocenters. The predicted molar refractivity (Wildman–Crippen MR) is 76.8 cm³/mol. The number of ether oxygens (including phenoxy) is 1. The first kappa shape index (κ1) is 13.6. The number of fused-ring (bicyclic) bond motifs is 1. The summed E-state index contributed by atoms with van der Waals surface area (Å²) in [6, 6.07) is 9.52. The molecule has 1 heterocycles. The minimum atomic E-state index is -0.410. The van der Waals surface area contributed by atoms with Crippen molar-refractivity contribution in [1.82, 2.24) is 5.32 Å². The van der Waals surface area contributed by atoms with Crippen molar-refractivity contribution in [2.24, 2.45) is 0 Å². The quantitative estimate of drug-likeness (QED) is 0.516. The predicted octanol–water partition coefficient (Wildman–Crippen LogP) is 2.21. The summed E-state index contributed by atoms with van der Waals surface area (Å²) in [5, 5.41) is 11.6. The molecule has 2 rings (SSSR count). The smallest absolute Gasteiger partial charge is 0.262 e. The van der Waals surface area contributed by atoms with Crippen molar-refractivity contribution in [3.05, 3.63) is 59.7 Å². The third-order valence-electron chi connectivity index (χ3n) is 2.76. The van der Waals surface area contributed by atoms with Crippen molar-refractivity contribution in [1.29, 1.82) is 5.26 Å². The minimum Gasteiger partial charge on any atom is -0.488 e. The first-order valence-corrected chi connectivity index (χ1v) is 6.18. The van der Waals surface area contributed by atoms with E-state index >= 15 is 0 Å². The molecule has 0 unspecified atom stereocenters. The summed E-state index contributed by atoms with van der Waals surface area (Å²) in [7, 11) is 0. The highest BCUT2D eigenvalue weighted by Gasteiger charge is 2.12. The van der Waals surface area contributed by atoms with Crippen LogP contribution in [0.15, 0.2) is 54.1 Å². The number of carbonyl (C=O) groups excluding carboxylic acids is 1. The summed E-state index contributed by atoms with van der Waals surface area (Å²) in [4.78, 5) is 11.7. The normalized spacial score (nSPS) is 13.3. The summed E-state index contributed by atoms with van der Waals surface area (Å²) < 4.78 is 5.57. The van der Waals surface area contributed by atoms with Gasteiger partial charge in [0.25, 0.3) is 5.91 Å². The molecule has 0 bridgehead atoms. The van der Waals surface area contributed by atoms with Crippen molar-refractivity contribution >= 4 is 12.0 Å². The molecule has 4 nitrogen and oxygen atoms in total. The number of amides is 1. The zero-order valence-electron chi connectivity index (χ0n) is 10.9. The second-order valence-corrected chi connectivity index (χ2v) is 4.21. The van der Waals surface area contributed by atoms with Crippen molar-refractivity contribution in [2.45, 2.75) is 0 Å². The molecule has 1 amide bonds. The van der Waals surface area contributed by atoms with Gasteiger partial charge in [0.15, 0.2) is 0 Å². The molecule has 0 aliphatic carbocycles. The van der Waals surface area contributed by atoms with Gasteiger partial charge in [0.05, 0.1) is 0 Å². The van der Waals surface area contributed by atoms with Gasteiger partial charge in [-0.1, -0.05) is 24.3 Å². The van der Waals surface area contributed by atoms with Gasteiger partial charge in [-0.25, -0.2) is 0 Å². The van der Waals surface area contributed by atoms with Gasteiger partial charge >= 0.3 is 0 Å². The van der Waals surface area contributed by atoms with Crippen LogP contribution in [0.2, 0.25) is 0 Å². The second-order valence-electron chi connectivity index (χ2n) is 4.21. The maximum atomic E-state index is 11.7. The van der Waals surface area contributed by atoms with Crippen LogP contribution in [-0.4, -0.2) is 19.1 Å². The van der Waals surface area contributed by atoms with Gasteiger partial charge in [0.2, 0.25) is 0 Å². The molecule has 1 N–H and O–H groups in total. The Balaban J connectivity index is 2.22. The van der Waals surface area contributed by atoms with E-state index in [1.165, 1.54) is 0 Å². The van der Waals surface area contributed by atoms with Crippen LogP contribution in [0.4, 0.5) is 0 Å². The zero-order valence-corrected chi connectivity index (χ0v) is 10.9. The molecule has 0 spiro atoms. The summed E-state index contributed by atoms with van der Waals surface area (Å²) in [6.45, 7) is 4.18. The fraction of sp³-hybridized carbons (Fsp3) is 0.125. The van der Waals surface area contributed by atoms with E-state index in [1.54, 1.807) is 12.2 Å². The average molecular weight is 266 g/mol. The van der Waals surface area contributed by atoms with Crippen LogP contribution in [-0.2, 0) is 4.79 Å². The van der Waals surface area contributed by atoms with E-state index in [9.17, 15) is 4.79 Å².